The third-order valence-electron chi connectivity index (χ3n) is 8.71. The molecule has 1 aliphatic heterocycles. The van der Waals surface area contributed by atoms with Crippen molar-refractivity contribution in [3.8, 4) is 0 Å². The lowest BCUT2D eigenvalue weighted by atomic mass is 9.87. The van der Waals surface area contributed by atoms with Crippen molar-refractivity contribution in [3.63, 3.8) is 0 Å². The lowest BCUT2D eigenvalue weighted by molar-refractivity contribution is -0.142. The SMILES string of the molecule is C=CCCC(C)C[C@@H](COC)[C@H](NC(=O)O)C(=O)N1C[C@H](O)C[C@H]1C(=O)N[C@]1(C(=O)NS(=O)(=O)C2(C)CC2)C[C@H]1C=C. The predicted octanol–water partition coefficient (Wildman–Crippen LogP) is 0.899. The Balaban J connectivity index is 1.82. The van der Waals surface area contributed by atoms with Gasteiger partial charge >= 0.3 is 6.09 Å². The van der Waals surface area contributed by atoms with Crippen LogP contribution in [-0.4, -0.2) is 96.1 Å². The van der Waals surface area contributed by atoms with Gasteiger partial charge in [0.05, 0.1) is 17.5 Å². The molecule has 0 radical (unpaired) electrons. The van der Waals surface area contributed by atoms with Crippen LogP contribution in [0.1, 0.15) is 58.8 Å². The number of aliphatic hydroxyl groups excluding tert-OH is 1. The minimum absolute atomic E-state index is 0.0695. The fourth-order valence-electron chi connectivity index (χ4n) is 5.67. The molecule has 2 saturated carbocycles. The number of nitrogens with one attached hydrogen (secondary N) is 3. The summed E-state index contributed by atoms with van der Waals surface area (Å²) in [5.74, 6) is -3.35. The van der Waals surface area contributed by atoms with E-state index in [1.54, 1.807) is 6.08 Å². The number of allylic oxidation sites excluding steroid dienone is 1. The van der Waals surface area contributed by atoms with Gasteiger partial charge in [-0.05, 0) is 51.4 Å². The van der Waals surface area contributed by atoms with Crippen molar-refractivity contribution in [2.45, 2.75) is 87.3 Å². The van der Waals surface area contributed by atoms with E-state index in [1.807, 2.05) is 6.92 Å². The van der Waals surface area contributed by atoms with E-state index in [2.05, 4.69) is 28.5 Å². The third-order valence-corrected chi connectivity index (χ3v) is 10.9. The second-order valence-electron chi connectivity index (χ2n) is 12.1. The monoisotopic (exact) mass is 612 g/mol. The largest absolute Gasteiger partial charge is 0.465 e. The van der Waals surface area contributed by atoms with E-state index in [9.17, 15) is 37.8 Å². The molecule has 0 aromatic heterocycles. The van der Waals surface area contributed by atoms with Gasteiger partial charge in [0.15, 0.2) is 0 Å². The van der Waals surface area contributed by atoms with Crippen molar-refractivity contribution in [2.75, 3.05) is 20.3 Å². The Labute approximate surface area is 247 Å². The molecule has 1 saturated heterocycles. The molecule has 0 spiro atoms. The summed E-state index contributed by atoms with van der Waals surface area (Å²) >= 11 is 0. The standard InChI is InChI=1S/C28H44N4O9S/c1-6-8-9-17(3)12-18(16-41-5)22(29-26(37)38)24(35)32-15-20(33)13-21(32)23(34)30-28(14-19(28)7-2)25(36)31-42(39,40)27(4)10-11-27/h6-7,17-22,29,33H,1-2,8-16H2,3-5H3,(H,30,34)(H,31,36)(H,37,38)/t17?,18-,19+,20+,21-,22-,28+/m0/s1. The average Bonchev–Trinajstić information content (AvgIpc) is 3.80. The quantitative estimate of drug-likeness (QED) is 0.158. The number of carbonyl (C=O) groups excluding carboxylic acids is 3. The summed E-state index contributed by atoms with van der Waals surface area (Å²) < 4.78 is 31.8. The number of nitrogens with zero attached hydrogens (tertiary/aromatic N) is 1. The first kappa shape index (κ1) is 33.5. The zero-order valence-electron chi connectivity index (χ0n) is 24.5. The first-order valence-corrected chi connectivity index (χ1v) is 15.7. The van der Waals surface area contributed by atoms with Crippen LogP contribution in [0.4, 0.5) is 4.79 Å². The van der Waals surface area contributed by atoms with Crippen LogP contribution in [0.2, 0.25) is 0 Å². The van der Waals surface area contributed by atoms with Crippen molar-refractivity contribution in [3.05, 3.63) is 25.3 Å². The fraction of sp³-hybridized carbons (Fsp3) is 0.714. The summed E-state index contributed by atoms with van der Waals surface area (Å²) in [6.07, 6.45) is 3.50. The Morgan fingerprint density at radius 2 is 1.88 bits per heavy atom. The first-order valence-electron chi connectivity index (χ1n) is 14.2. The molecule has 3 rings (SSSR count). The van der Waals surface area contributed by atoms with Gasteiger partial charge in [-0.1, -0.05) is 19.1 Å². The summed E-state index contributed by atoms with van der Waals surface area (Å²) in [7, 11) is -2.53. The Kier molecular flexibility index (Phi) is 10.5. The number of carboxylic acid groups (broad SMARTS) is 1. The van der Waals surface area contributed by atoms with E-state index in [4.69, 9.17) is 4.74 Å². The topological polar surface area (TPSA) is 191 Å². The van der Waals surface area contributed by atoms with Gasteiger partial charge in [0.1, 0.15) is 17.6 Å². The number of hydrogen-bond acceptors (Lipinski definition) is 8. The van der Waals surface area contributed by atoms with Gasteiger partial charge in [-0.25, -0.2) is 13.2 Å². The summed E-state index contributed by atoms with van der Waals surface area (Å²) in [6.45, 7) is 10.8. The second-order valence-corrected chi connectivity index (χ2v) is 14.3. The van der Waals surface area contributed by atoms with Crippen molar-refractivity contribution < 1.29 is 42.5 Å². The number of carbonyl (C=O) groups is 4. The molecule has 14 heteroatoms. The number of hydrogen-bond donors (Lipinski definition) is 5. The van der Waals surface area contributed by atoms with Crippen molar-refractivity contribution in [2.24, 2.45) is 17.8 Å². The molecule has 13 nitrogen and oxygen atoms in total. The zero-order valence-corrected chi connectivity index (χ0v) is 25.3. The molecule has 1 unspecified atom stereocenters. The van der Waals surface area contributed by atoms with E-state index >= 15 is 0 Å². The van der Waals surface area contributed by atoms with E-state index < -0.39 is 74.1 Å². The van der Waals surface area contributed by atoms with Crippen LogP contribution in [0.5, 0.6) is 0 Å². The molecule has 4 amide bonds. The molecule has 1 heterocycles. The lowest BCUT2D eigenvalue weighted by Crippen LogP contribution is -2.59. The Bertz CT molecular complexity index is 1190. The van der Waals surface area contributed by atoms with Gasteiger partial charge in [0, 0.05) is 31.9 Å². The number of likely N-dealkylation sites (tertiary alicyclic amines) is 1. The third kappa shape index (κ3) is 7.32. The molecule has 0 aromatic rings. The Hall–Kier alpha value is -2.97. The Morgan fingerprint density at radius 1 is 1.21 bits per heavy atom. The van der Waals surface area contributed by atoms with Gasteiger partial charge in [-0.15, -0.1) is 13.2 Å². The summed E-state index contributed by atoms with van der Waals surface area (Å²) in [5, 5.41) is 25.0. The molecule has 3 fully saturated rings. The van der Waals surface area contributed by atoms with Crippen molar-refractivity contribution in [1.29, 1.82) is 0 Å². The normalized spacial score (nSPS) is 28.1. The number of aliphatic hydroxyl groups is 1. The van der Waals surface area contributed by atoms with E-state index in [0.29, 0.717) is 19.3 Å². The minimum atomic E-state index is -3.97. The van der Waals surface area contributed by atoms with Gasteiger partial charge < -0.3 is 30.5 Å². The molecule has 0 bridgehead atoms. The van der Waals surface area contributed by atoms with E-state index in [-0.39, 0.29) is 31.9 Å². The van der Waals surface area contributed by atoms with Crippen LogP contribution in [0.3, 0.4) is 0 Å². The summed E-state index contributed by atoms with van der Waals surface area (Å²) in [6, 6.07) is -2.49. The van der Waals surface area contributed by atoms with Gasteiger partial charge in [-0.3, -0.25) is 19.1 Å². The van der Waals surface area contributed by atoms with Crippen LogP contribution >= 0.6 is 0 Å². The molecule has 42 heavy (non-hydrogen) atoms. The van der Waals surface area contributed by atoms with Crippen LogP contribution in [0.15, 0.2) is 25.3 Å². The van der Waals surface area contributed by atoms with Gasteiger partial charge in [-0.2, -0.15) is 0 Å². The number of methoxy groups -OCH3 is 1. The summed E-state index contributed by atoms with van der Waals surface area (Å²) in [4.78, 5) is 53.5. The number of ether oxygens (including phenoxy) is 1. The summed E-state index contributed by atoms with van der Waals surface area (Å²) in [5.41, 5.74) is -1.57. The van der Waals surface area contributed by atoms with Crippen molar-refractivity contribution >= 4 is 33.8 Å². The zero-order chi connectivity index (χ0) is 31.5. The molecule has 7 atom stereocenters. The maximum atomic E-state index is 13.9. The first-order chi connectivity index (χ1) is 19.6. The molecule has 3 aliphatic rings. The molecular formula is C28H44N4O9S. The molecular weight excluding hydrogens is 568 g/mol. The molecule has 2 aliphatic carbocycles. The van der Waals surface area contributed by atoms with E-state index in [0.717, 1.165) is 17.7 Å². The van der Waals surface area contributed by atoms with Crippen LogP contribution in [-0.2, 0) is 29.1 Å². The number of amides is 4. The smallest absolute Gasteiger partial charge is 0.405 e. The fourth-order valence-corrected chi connectivity index (χ4v) is 6.98. The average molecular weight is 613 g/mol. The van der Waals surface area contributed by atoms with Crippen LogP contribution < -0.4 is 15.4 Å². The maximum Gasteiger partial charge on any atom is 0.405 e. The minimum Gasteiger partial charge on any atom is -0.465 e. The number of β-amino-alcohol motifs (C(OH)–C–C–N with tert-alkyl or cyclic N) is 1. The molecule has 0 aromatic carbocycles. The van der Waals surface area contributed by atoms with Gasteiger partial charge in [0.25, 0.3) is 5.91 Å². The lowest BCUT2D eigenvalue weighted by Gasteiger charge is -2.33. The Morgan fingerprint density at radius 3 is 2.40 bits per heavy atom. The highest BCUT2D eigenvalue weighted by atomic mass is 32.2. The predicted molar refractivity (Wildman–Crippen MR) is 154 cm³/mol. The van der Waals surface area contributed by atoms with Crippen LogP contribution in [0.25, 0.3) is 0 Å². The number of sulfonamides is 1. The highest BCUT2D eigenvalue weighted by molar-refractivity contribution is 7.91. The van der Waals surface area contributed by atoms with Gasteiger partial charge in [0.2, 0.25) is 21.8 Å². The van der Waals surface area contributed by atoms with E-state index in [1.165, 1.54) is 20.1 Å². The second kappa shape index (κ2) is 13.1. The number of rotatable bonds is 16. The molecule has 5 N–H and O–H groups in total. The maximum absolute atomic E-state index is 13.9. The highest BCUT2D eigenvalue weighted by Gasteiger charge is 2.63. The van der Waals surface area contributed by atoms with Crippen molar-refractivity contribution in [1.82, 2.24) is 20.3 Å². The molecule has 236 valence electrons. The highest BCUT2D eigenvalue weighted by Crippen LogP contribution is 2.47. The van der Waals surface area contributed by atoms with Crippen LogP contribution in [0, 0.1) is 17.8 Å².